The molecular formula is C16H21ClN2O4. The number of amides is 1. The molecule has 2 aliphatic rings. The Hall–Kier alpha value is -1.79. The molecule has 0 aliphatic carbocycles. The lowest BCUT2D eigenvalue weighted by Gasteiger charge is -2.16. The van der Waals surface area contributed by atoms with Crippen molar-refractivity contribution in [2.75, 3.05) is 26.2 Å². The second kappa shape index (κ2) is 7.66. The smallest absolute Gasteiger partial charge is 0.307 e. The maximum Gasteiger partial charge on any atom is 0.307 e. The molecule has 0 bridgehead atoms. The van der Waals surface area contributed by atoms with E-state index in [0.29, 0.717) is 26.1 Å². The standard InChI is InChI=1S/C16H20N2O4.ClH/c19-15(10-18-6-5-12(9-18)16(20)21)17-8-13-7-11-3-1-2-4-14(11)22-13;/h1-4,12-13H,5-10H2,(H,17,19)(H,20,21);1H. The van der Waals surface area contributed by atoms with E-state index in [1.54, 1.807) is 0 Å². The molecule has 1 fully saturated rings. The zero-order chi connectivity index (χ0) is 15.5. The van der Waals surface area contributed by atoms with Crippen molar-refractivity contribution in [1.29, 1.82) is 0 Å². The number of aliphatic carboxylic acids is 1. The molecule has 7 heteroatoms. The molecule has 1 saturated heterocycles. The first-order valence-corrected chi connectivity index (χ1v) is 7.58. The van der Waals surface area contributed by atoms with Crippen molar-refractivity contribution in [3.63, 3.8) is 0 Å². The Kier molecular flexibility index (Phi) is 5.85. The molecule has 1 aromatic rings. The van der Waals surface area contributed by atoms with E-state index >= 15 is 0 Å². The van der Waals surface area contributed by atoms with Crippen molar-refractivity contribution in [3.8, 4) is 5.75 Å². The van der Waals surface area contributed by atoms with E-state index in [0.717, 1.165) is 12.2 Å². The van der Waals surface area contributed by atoms with Crippen molar-refractivity contribution in [3.05, 3.63) is 29.8 Å². The average molecular weight is 341 g/mol. The number of ether oxygens (including phenoxy) is 1. The Bertz CT molecular complexity index is 556. The molecule has 126 valence electrons. The van der Waals surface area contributed by atoms with Gasteiger partial charge in [0.15, 0.2) is 0 Å². The highest BCUT2D eigenvalue weighted by Gasteiger charge is 2.29. The van der Waals surface area contributed by atoms with Crippen molar-refractivity contribution >= 4 is 24.3 Å². The monoisotopic (exact) mass is 340 g/mol. The van der Waals surface area contributed by atoms with Crippen molar-refractivity contribution in [2.24, 2.45) is 5.92 Å². The van der Waals surface area contributed by atoms with Gasteiger partial charge in [0, 0.05) is 13.0 Å². The number of benzene rings is 1. The second-order valence-corrected chi connectivity index (χ2v) is 5.91. The first-order chi connectivity index (χ1) is 10.6. The summed E-state index contributed by atoms with van der Waals surface area (Å²) in [5.41, 5.74) is 1.17. The van der Waals surface area contributed by atoms with Crippen LogP contribution in [0.1, 0.15) is 12.0 Å². The third-order valence-electron chi connectivity index (χ3n) is 4.23. The van der Waals surface area contributed by atoms with Crippen LogP contribution < -0.4 is 10.1 Å². The number of carbonyl (C=O) groups excluding carboxylic acids is 1. The van der Waals surface area contributed by atoms with Gasteiger partial charge in [-0.1, -0.05) is 18.2 Å². The number of nitrogens with zero attached hydrogens (tertiary/aromatic N) is 1. The molecule has 0 spiro atoms. The van der Waals surface area contributed by atoms with E-state index in [-0.39, 0.29) is 36.9 Å². The van der Waals surface area contributed by atoms with Crippen molar-refractivity contribution < 1.29 is 19.4 Å². The highest BCUT2D eigenvalue weighted by atomic mass is 35.5. The number of hydrogen-bond acceptors (Lipinski definition) is 4. The van der Waals surface area contributed by atoms with Crippen LogP contribution in [0, 0.1) is 5.92 Å². The van der Waals surface area contributed by atoms with Gasteiger partial charge in [-0.3, -0.25) is 14.5 Å². The molecule has 0 saturated carbocycles. The number of carboxylic acids is 1. The van der Waals surface area contributed by atoms with Crippen LogP contribution in [-0.2, 0) is 16.0 Å². The highest BCUT2D eigenvalue weighted by molar-refractivity contribution is 5.85. The lowest BCUT2D eigenvalue weighted by Crippen LogP contribution is -2.40. The third kappa shape index (κ3) is 4.36. The van der Waals surface area contributed by atoms with Crippen LogP contribution in [0.15, 0.2) is 24.3 Å². The summed E-state index contributed by atoms with van der Waals surface area (Å²) in [4.78, 5) is 24.7. The van der Waals surface area contributed by atoms with Gasteiger partial charge in [0.1, 0.15) is 11.9 Å². The van der Waals surface area contributed by atoms with Gasteiger partial charge >= 0.3 is 5.97 Å². The largest absolute Gasteiger partial charge is 0.488 e. The van der Waals surface area contributed by atoms with Gasteiger partial charge in [-0.15, -0.1) is 12.4 Å². The molecule has 2 aliphatic heterocycles. The molecule has 1 aromatic carbocycles. The molecule has 23 heavy (non-hydrogen) atoms. The molecule has 2 atom stereocenters. The summed E-state index contributed by atoms with van der Waals surface area (Å²) in [5, 5.41) is 11.8. The summed E-state index contributed by atoms with van der Waals surface area (Å²) in [6, 6.07) is 7.89. The summed E-state index contributed by atoms with van der Waals surface area (Å²) < 4.78 is 5.77. The summed E-state index contributed by atoms with van der Waals surface area (Å²) >= 11 is 0. The van der Waals surface area contributed by atoms with Gasteiger partial charge in [0.05, 0.1) is 19.0 Å². The minimum Gasteiger partial charge on any atom is -0.488 e. The van der Waals surface area contributed by atoms with Crippen LogP contribution >= 0.6 is 12.4 Å². The van der Waals surface area contributed by atoms with E-state index < -0.39 is 5.97 Å². The van der Waals surface area contributed by atoms with E-state index in [1.807, 2.05) is 29.2 Å². The normalized spacial score (nSPS) is 22.8. The first-order valence-electron chi connectivity index (χ1n) is 7.58. The fourth-order valence-electron chi connectivity index (χ4n) is 3.03. The lowest BCUT2D eigenvalue weighted by atomic mass is 10.1. The maximum atomic E-state index is 11.9. The van der Waals surface area contributed by atoms with Gasteiger partial charge < -0.3 is 15.2 Å². The van der Waals surface area contributed by atoms with Crippen LogP contribution in [0.25, 0.3) is 0 Å². The van der Waals surface area contributed by atoms with Crippen LogP contribution in [0.2, 0.25) is 0 Å². The van der Waals surface area contributed by atoms with Gasteiger partial charge in [-0.05, 0) is 24.6 Å². The molecule has 0 aromatic heterocycles. The summed E-state index contributed by atoms with van der Waals surface area (Å²) in [5.74, 6) is -0.309. The number of carboxylic acid groups (broad SMARTS) is 1. The third-order valence-corrected chi connectivity index (χ3v) is 4.23. The molecule has 3 rings (SSSR count). The SMILES string of the molecule is Cl.O=C(CN1CCC(C(=O)O)C1)NCC1Cc2ccccc2O1. The van der Waals surface area contributed by atoms with Gasteiger partial charge in [0.25, 0.3) is 0 Å². The van der Waals surface area contributed by atoms with Crippen molar-refractivity contribution in [1.82, 2.24) is 10.2 Å². The van der Waals surface area contributed by atoms with Crippen LogP contribution in [0.4, 0.5) is 0 Å². The topological polar surface area (TPSA) is 78.9 Å². The molecule has 2 heterocycles. The zero-order valence-corrected chi connectivity index (χ0v) is 13.6. The van der Waals surface area contributed by atoms with E-state index in [9.17, 15) is 9.59 Å². The number of carbonyl (C=O) groups is 2. The Morgan fingerprint density at radius 2 is 2.13 bits per heavy atom. The average Bonchev–Trinajstić information content (AvgIpc) is 3.11. The molecule has 0 radical (unpaired) electrons. The summed E-state index contributed by atoms with van der Waals surface area (Å²) in [6.07, 6.45) is 1.40. The number of para-hydroxylation sites is 1. The van der Waals surface area contributed by atoms with Crippen molar-refractivity contribution in [2.45, 2.75) is 18.9 Å². The van der Waals surface area contributed by atoms with Gasteiger partial charge in [0.2, 0.25) is 5.91 Å². The number of hydrogen-bond donors (Lipinski definition) is 2. The van der Waals surface area contributed by atoms with Crippen LogP contribution in [-0.4, -0.2) is 54.2 Å². The maximum absolute atomic E-state index is 11.9. The van der Waals surface area contributed by atoms with E-state index in [1.165, 1.54) is 5.56 Å². The molecule has 2 N–H and O–H groups in total. The Morgan fingerprint density at radius 3 is 2.83 bits per heavy atom. The fourth-order valence-corrected chi connectivity index (χ4v) is 3.03. The predicted octanol–water partition coefficient (Wildman–Crippen LogP) is 0.935. The lowest BCUT2D eigenvalue weighted by molar-refractivity contribution is -0.141. The number of nitrogens with one attached hydrogen (secondary N) is 1. The van der Waals surface area contributed by atoms with Crippen LogP contribution in [0.3, 0.4) is 0 Å². The quantitative estimate of drug-likeness (QED) is 0.834. The Balaban J connectivity index is 0.00000192. The van der Waals surface area contributed by atoms with Gasteiger partial charge in [-0.2, -0.15) is 0 Å². The van der Waals surface area contributed by atoms with E-state index in [2.05, 4.69) is 5.32 Å². The molecule has 6 nitrogen and oxygen atoms in total. The Labute approximate surface area is 141 Å². The number of likely N-dealkylation sites (tertiary alicyclic amines) is 1. The number of fused-ring (bicyclic) bond motifs is 1. The highest BCUT2D eigenvalue weighted by Crippen LogP contribution is 2.27. The number of rotatable bonds is 5. The Morgan fingerprint density at radius 1 is 1.35 bits per heavy atom. The molecule has 2 unspecified atom stereocenters. The minimum atomic E-state index is -0.778. The predicted molar refractivity (Wildman–Crippen MR) is 87.0 cm³/mol. The number of halogens is 1. The molecule has 1 amide bonds. The fraction of sp³-hybridized carbons (Fsp3) is 0.500. The summed E-state index contributed by atoms with van der Waals surface area (Å²) in [6.45, 7) is 1.84. The van der Waals surface area contributed by atoms with Crippen LogP contribution in [0.5, 0.6) is 5.75 Å². The second-order valence-electron chi connectivity index (χ2n) is 5.91. The van der Waals surface area contributed by atoms with Gasteiger partial charge in [-0.25, -0.2) is 0 Å². The summed E-state index contributed by atoms with van der Waals surface area (Å²) in [7, 11) is 0. The first kappa shape index (κ1) is 17.6. The molecular weight excluding hydrogens is 320 g/mol. The zero-order valence-electron chi connectivity index (χ0n) is 12.7. The van der Waals surface area contributed by atoms with E-state index in [4.69, 9.17) is 9.84 Å². The minimum absolute atomic E-state index is 0.